The molecule has 0 aliphatic heterocycles. The minimum Gasteiger partial charge on any atom is -0.492 e. The number of benzene rings is 1. The third kappa shape index (κ3) is 3.33. The largest absolute Gasteiger partial charge is 0.492 e. The smallest absolute Gasteiger partial charge is 0.275 e. The lowest BCUT2D eigenvalue weighted by molar-refractivity contribution is 0.102. The van der Waals surface area contributed by atoms with Crippen molar-refractivity contribution in [2.24, 2.45) is 0 Å². The summed E-state index contributed by atoms with van der Waals surface area (Å²) >= 11 is 3.26. The van der Waals surface area contributed by atoms with Gasteiger partial charge in [0.05, 0.1) is 12.3 Å². The molecule has 1 aromatic heterocycles. The van der Waals surface area contributed by atoms with Gasteiger partial charge in [-0.05, 0) is 47.1 Å². The molecule has 1 amide bonds. The molecule has 0 unspecified atom stereocenters. The number of hydrogen-bond donors (Lipinski definition) is 1. The number of ether oxygens (including phenoxy) is 1. The summed E-state index contributed by atoms with van der Waals surface area (Å²) in [6, 6.07) is 7.37. The second-order valence-electron chi connectivity index (χ2n) is 3.86. The van der Waals surface area contributed by atoms with Crippen LogP contribution in [0.2, 0.25) is 0 Å². The quantitative estimate of drug-likeness (QED) is 0.925. The number of halogens is 2. The Kier molecular flexibility index (Phi) is 4.68. The fourth-order valence-corrected chi connectivity index (χ4v) is 2.04. The van der Waals surface area contributed by atoms with E-state index in [1.54, 1.807) is 19.1 Å². The fourth-order valence-electron chi connectivity index (χ4n) is 1.61. The number of amides is 1. The molecular weight excluding hydrogens is 327 g/mol. The van der Waals surface area contributed by atoms with Gasteiger partial charge in [0.15, 0.2) is 0 Å². The first-order valence-corrected chi connectivity index (χ1v) is 6.75. The highest BCUT2D eigenvalue weighted by Crippen LogP contribution is 2.26. The summed E-state index contributed by atoms with van der Waals surface area (Å²) in [7, 11) is 0. The second-order valence-corrected chi connectivity index (χ2v) is 4.72. The van der Waals surface area contributed by atoms with Crippen molar-refractivity contribution in [1.82, 2.24) is 4.98 Å². The summed E-state index contributed by atoms with van der Waals surface area (Å²) in [5.74, 6) is -0.539. The topological polar surface area (TPSA) is 51.2 Å². The van der Waals surface area contributed by atoms with Crippen molar-refractivity contribution in [2.75, 3.05) is 11.9 Å². The van der Waals surface area contributed by atoms with E-state index in [0.717, 1.165) is 0 Å². The summed E-state index contributed by atoms with van der Waals surface area (Å²) in [5.41, 5.74) is 0.648. The molecule has 0 saturated carbocycles. The van der Waals surface area contributed by atoms with E-state index in [1.165, 1.54) is 24.4 Å². The molecule has 1 aromatic carbocycles. The van der Waals surface area contributed by atoms with Crippen LogP contribution in [0.5, 0.6) is 5.75 Å². The van der Waals surface area contributed by atoms with E-state index in [-0.39, 0.29) is 11.4 Å². The second kappa shape index (κ2) is 6.47. The van der Waals surface area contributed by atoms with Crippen molar-refractivity contribution >= 4 is 27.5 Å². The van der Waals surface area contributed by atoms with Crippen molar-refractivity contribution in [2.45, 2.75) is 6.92 Å². The van der Waals surface area contributed by atoms with Crippen LogP contribution in [0.1, 0.15) is 17.4 Å². The summed E-state index contributed by atoms with van der Waals surface area (Å²) in [6.45, 7) is 2.16. The van der Waals surface area contributed by atoms with Gasteiger partial charge in [0, 0.05) is 16.7 Å². The zero-order valence-corrected chi connectivity index (χ0v) is 12.3. The molecule has 2 rings (SSSR count). The van der Waals surface area contributed by atoms with E-state index in [2.05, 4.69) is 26.2 Å². The minimum absolute atomic E-state index is 0.249. The lowest BCUT2D eigenvalue weighted by atomic mass is 10.2. The van der Waals surface area contributed by atoms with Gasteiger partial charge in [-0.25, -0.2) is 9.37 Å². The third-order valence-electron chi connectivity index (χ3n) is 2.47. The van der Waals surface area contributed by atoms with Gasteiger partial charge >= 0.3 is 0 Å². The van der Waals surface area contributed by atoms with Crippen molar-refractivity contribution < 1.29 is 13.9 Å². The third-order valence-corrected chi connectivity index (χ3v) is 3.11. The highest BCUT2D eigenvalue weighted by Gasteiger charge is 2.14. The van der Waals surface area contributed by atoms with Gasteiger partial charge in [-0.1, -0.05) is 0 Å². The van der Waals surface area contributed by atoms with Crippen LogP contribution >= 0.6 is 15.9 Å². The molecule has 0 spiro atoms. The number of nitrogens with one attached hydrogen (secondary N) is 1. The number of carbonyl (C=O) groups excluding carboxylic acids is 1. The number of carbonyl (C=O) groups is 1. The first-order chi connectivity index (χ1) is 9.61. The van der Waals surface area contributed by atoms with Crippen molar-refractivity contribution in [3.63, 3.8) is 0 Å². The molecule has 1 heterocycles. The standard InChI is InChI=1S/C14H12BrFN2O2/c1-2-20-12-8-9(16)5-6-11(12)18-14(19)13-10(15)4-3-7-17-13/h3-8H,2H2,1H3,(H,18,19). The van der Waals surface area contributed by atoms with Crippen molar-refractivity contribution in [1.29, 1.82) is 0 Å². The Morgan fingerprint density at radius 1 is 1.45 bits per heavy atom. The molecule has 0 aliphatic rings. The van der Waals surface area contributed by atoms with Crippen LogP contribution in [-0.4, -0.2) is 17.5 Å². The Morgan fingerprint density at radius 2 is 2.25 bits per heavy atom. The van der Waals surface area contributed by atoms with Crippen molar-refractivity contribution in [3.8, 4) is 5.75 Å². The van der Waals surface area contributed by atoms with Crippen LogP contribution in [0.4, 0.5) is 10.1 Å². The summed E-state index contributed by atoms with van der Waals surface area (Å²) in [6.07, 6.45) is 1.52. The summed E-state index contributed by atoms with van der Waals surface area (Å²) in [4.78, 5) is 16.1. The molecule has 2 aromatic rings. The minimum atomic E-state index is -0.425. The molecule has 0 fully saturated rings. The van der Waals surface area contributed by atoms with E-state index in [4.69, 9.17) is 4.74 Å². The molecule has 1 N–H and O–H groups in total. The van der Waals surface area contributed by atoms with E-state index in [9.17, 15) is 9.18 Å². The van der Waals surface area contributed by atoms with Gasteiger partial charge in [-0.2, -0.15) is 0 Å². The Bertz CT molecular complexity index is 634. The number of rotatable bonds is 4. The fraction of sp³-hybridized carbons (Fsp3) is 0.143. The Morgan fingerprint density at radius 3 is 2.95 bits per heavy atom. The SMILES string of the molecule is CCOc1cc(F)ccc1NC(=O)c1ncccc1Br. The molecule has 0 aliphatic carbocycles. The Hall–Kier alpha value is -1.95. The van der Waals surface area contributed by atoms with Gasteiger partial charge in [-0.15, -0.1) is 0 Å². The number of hydrogen-bond acceptors (Lipinski definition) is 3. The summed E-state index contributed by atoms with van der Waals surface area (Å²) in [5, 5.41) is 2.66. The van der Waals surface area contributed by atoms with Crippen molar-refractivity contribution in [3.05, 3.63) is 52.5 Å². The first kappa shape index (κ1) is 14.5. The predicted molar refractivity (Wildman–Crippen MR) is 77.5 cm³/mol. The number of pyridine rings is 1. The van der Waals surface area contributed by atoms with E-state index < -0.39 is 11.7 Å². The normalized spacial score (nSPS) is 10.2. The molecule has 6 heteroatoms. The molecule has 0 saturated heterocycles. The van der Waals surface area contributed by atoms with E-state index in [0.29, 0.717) is 16.8 Å². The van der Waals surface area contributed by atoms with Crippen LogP contribution < -0.4 is 10.1 Å². The van der Waals surface area contributed by atoms with Gasteiger partial charge < -0.3 is 10.1 Å². The van der Waals surface area contributed by atoms with Gasteiger partial charge in [0.1, 0.15) is 17.3 Å². The van der Waals surface area contributed by atoms with Gasteiger partial charge in [0.2, 0.25) is 0 Å². The average molecular weight is 339 g/mol. The molecule has 104 valence electrons. The zero-order valence-electron chi connectivity index (χ0n) is 10.7. The first-order valence-electron chi connectivity index (χ1n) is 5.96. The lowest BCUT2D eigenvalue weighted by Gasteiger charge is -2.11. The summed E-state index contributed by atoms with van der Waals surface area (Å²) < 4.78 is 19.1. The lowest BCUT2D eigenvalue weighted by Crippen LogP contribution is -2.15. The van der Waals surface area contributed by atoms with E-state index >= 15 is 0 Å². The molecule has 0 bridgehead atoms. The maximum absolute atomic E-state index is 13.2. The van der Waals surface area contributed by atoms with Crippen LogP contribution in [0.15, 0.2) is 41.0 Å². The number of nitrogens with zero attached hydrogens (tertiary/aromatic N) is 1. The van der Waals surface area contributed by atoms with Gasteiger partial charge in [-0.3, -0.25) is 4.79 Å². The van der Waals surface area contributed by atoms with Crippen LogP contribution in [0, 0.1) is 5.82 Å². The molecule has 0 radical (unpaired) electrons. The maximum atomic E-state index is 13.2. The van der Waals surface area contributed by atoms with Gasteiger partial charge in [0.25, 0.3) is 5.91 Å². The molecule has 20 heavy (non-hydrogen) atoms. The van der Waals surface area contributed by atoms with Crippen LogP contribution in [0.3, 0.4) is 0 Å². The monoisotopic (exact) mass is 338 g/mol. The predicted octanol–water partition coefficient (Wildman–Crippen LogP) is 3.63. The van der Waals surface area contributed by atoms with E-state index in [1.807, 2.05) is 0 Å². The zero-order chi connectivity index (χ0) is 14.5. The van der Waals surface area contributed by atoms with Crippen LogP contribution in [0.25, 0.3) is 0 Å². The Balaban J connectivity index is 2.26. The highest BCUT2D eigenvalue weighted by molar-refractivity contribution is 9.10. The molecule has 0 atom stereocenters. The molecule has 4 nitrogen and oxygen atoms in total. The number of aromatic nitrogens is 1. The number of anilines is 1. The highest BCUT2D eigenvalue weighted by atomic mass is 79.9. The average Bonchev–Trinajstić information content (AvgIpc) is 2.42. The Labute approximate surface area is 124 Å². The maximum Gasteiger partial charge on any atom is 0.275 e. The van der Waals surface area contributed by atoms with Crippen LogP contribution in [-0.2, 0) is 0 Å². The molecular formula is C14H12BrFN2O2.